The molecule has 6 N–H and O–H groups in total. The molecule has 7 nitrogen and oxygen atoms in total. The van der Waals surface area contributed by atoms with Gasteiger partial charge in [0.15, 0.2) is 5.96 Å². The van der Waals surface area contributed by atoms with E-state index in [2.05, 4.69) is 53.8 Å². The van der Waals surface area contributed by atoms with Gasteiger partial charge in [0.25, 0.3) is 0 Å². The molecular formula is C41H79N5O2. The maximum absolute atomic E-state index is 12.9. The number of allylic oxidation sites excluding steroid dienone is 4. The molecule has 0 aromatic heterocycles. The van der Waals surface area contributed by atoms with Crippen molar-refractivity contribution in [3.8, 4) is 0 Å². The van der Waals surface area contributed by atoms with Crippen LogP contribution in [-0.4, -0.2) is 36.9 Å². The lowest BCUT2D eigenvalue weighted by molar-refractivity contribution is -0.129. The van der Waals surface area contributed by atoms with Gasteiger partial charge < -0.3 is 22.1 Å². The van der Waals surface area contributed by atoms with Crippen LogP contribution in [-0.2, 0) is 9.59 Å². The third-order valence-electron chi connectivity index (χ3n) is 9.02. The number of carbonyl (C=O) groups is 2. The third-order valence-corrected chi connectivity index (χ3v) is 9.02. The quantitative estimate of drug-likeness (QED) is 0.0229. The third kappa shape index (κ3) is 35.0. The Morgan fingerprint density at radius 1 is 0.562 bits per heavy atom. The molecule has 0 fully saturated rings. The van der Waals surface area contributed by atoms with Gasteiger partial charge in [-0.15, -0.1) is 0 Å². The SMILES string of the molecule is CCCCCCCC/C=C\CCCCCCCCNC(=O)C(CCN=C(N)N)NC(=O)CCCCCCC/C=C\CCCCCCCC. The van der Waals surface area contributed by atoms with Crippen LogP contribution in [0.15, 0.2) is 29.3 Å². The van der Waals surface area contributed by atoms with E-state index in [1.807, 2.05) is 0 Å². The summed E-state index contributed by atoms with van der Waals surface area (Å²) in [5, 5.41) is 5.95. The minimum Gasteiger partial charge on any atom is -0.370 e. The summed E-state index contributed by atoms with van der Waals surface area (Å²) in [5.41, 5.74) is 10.9. The predicted octanol–water partition coefficient (Wildman–Crippen LogP) is 10.3. The van der Waals surface area contributed by atoms with Crippen molar-refractivity contribution in [2.24, 2.45) is 16.5 Å². The Kier molecular flexibility index (Phi) is 35.7. The number of unbranched alkanes of at least 4 members (excludes halogenated alkanes) is 23. The van der Waals surface area contributed by atoms with Crippen molar-refractivity contribution in [1.82, 2.24) is 10.6 Å². The maximum Gasteiger partial charge on any atom is 0.242 e. The first-order valence-electron chi connectivity index (χ1n) is 20.4. The average Bonchev–Trinajstić information content (AvgIpc) is 3.07. The fraction of sp³-hybridized carbons (Fsp3) is 0.829. The number of amides is 2. The number of nitrogens with zero attached hydrogens (tertiary/aromatic N) is 1. The van der Waals surface area contributed by atoms with Crippen LogP contribution in [0.2, 0.25) is 0 Å². The Morgan fingerprint density at radius 3 is 1.40 bits per heavy atom. The molecule has 0 saturated carbocycles. The summed E-state index contributed by atoms with van der Waals surface area (Å²) >= 11 is 0. The average molecular weight is 674 g/mol. The number of nitrogens with one attached hydrogen (secondary N) is 2. The van der Waals surface area contributed by atoms with Gasteiger partial charge in [-0.25, -0.2) is 0 Å². The van der Waals surface area contributed by atoms with Crippen molar-refractivity contribution < 1.29 is 9.59 Å². The van der Waals surface area contributed by atoms with E-state index in [0.29, 0.717) is 25.9 Å². The number of hydrogen-bond acceptors (Lipinski definition) is 3. The molecule has 0 bridgehead atoms. The molecule has 0 spiro atoms. The van der Waals surface area contributed by atoms with Gasteiger partial charge in [-0.2, -0.15) is 0 Å². The highest BCUT2D eigenvalue weighted by molar-refractivity contribution is 5.87. The lowest BCUT2D eigenvalue weighted by Gasteiger charge is -2.18. The number of rotatable bonds is 36. The van der Waals surface area contributed by atoms with Crippen molar-refractivity contribution >= 4 is 17.8 Å². The minimum atomic E-state index is -0.613. The molecule has 0 aromatic carbocycles. The van der Waals surface area contributed by atoms with Gasteiger partial charge in [0.2, 0.25) is 11.8 Å². The first-order valence-corrected chi connectivity index (χ1v) is 20.4. The molecule has 0 heterocycles. The predicted molar refractivity (Wildman–Crippen MR) is 209 cm³/mol. The van der Waals surface area contributed by atoms with Gasteiger partial charge in [0.1, 0.15) is 6.04 Å². The molecule has 1 unspecified atom stereocenters. The summed E-state index contributed by atoms with van der Waals surface area (Å²) in [6.45, 7) is 5.47. The second kappa shape index (κ2) is 37.5. The van der Waals surface area contributed by atoms with Crippen molar-refractivity contribution in [2.45, 2.75) is 206 Å². The summed E-state index contributed by atoms with van der Waals surface area (Å²) < 4.78 is 0. The Hall–Kier alpha value is -2.31. The lowest BCUT2D eigenvalue weighted by Crippen LogP contribution is -2.47. The first kappa shape index (κ1) is 45.7. The zero-order valence-electron chi connectivity index (χ0n) is 31.7. The monoisotopic (exact) mass is 674 g/mol. The number of guanidine groups is 1. The van der Waals surface area contributed by atoms with Crippen LogP contribution in [0.5, 0.6) is 0 Å². The van der Waals surface area contributed by atoms with Crippen LogP contribution < -0.4 is 22.1 Å². The van der Waals surface area contributed by atoms with Gasteiger partial charge >= 0.3 is 0 Å². The summed E-state index contributed by atoms with van der Waals surface area (Å²) in [5.74, 6) is -0.223. The van der Waals surface area contributed by atoms with Crippen molar-refractivity contribution in [3.05, 3.63) is 24.3 Å². The molecule has 280 valence electrons. The Bertz CT molecular complexity index is 807. The molecule has 1 atom stereocenters. The topological polar surface area (TPSA) is 123 Å². The van der Waals surface area contributed by atoms with E-state index >= 15 is 0 Å². The van der Waals surface area contributed by atoms with Crippen LogP contribution >= 0.6 is 0 Å². The smallest absolute Gasteiger partial charge is 0.242 e. The largest absolute Gasteiger partial charge is 0.370 e. The summed E-state index contributed by atoms with van der Waals surface area (Å²) in [6, 6.07) is -0.613. The molecule has 0 aliphatic carbocycles. The molecule has 0 saturated heterocycles. The Morgan fingerprint density at radius 2 is 0.958 bits per heavy atom. The van der Waals surface area contributed by atoms with Crippen molar-refractivity contribution in [2.75, 3.05) is 13.1 Å². The van der Waals surface area contributed by atoms with Gasteiger partial charge in [-0.1, -0.05) is 147 Å². The highest BCUT2D eigenvalue weighted by Crippen LogP contribution is 2.12. The number of nitrogens with two attached hydrogens (primary N) is 2. The first-order chi connectivity index (χ1) is 23.5. The van der Waals surface area contributed by atoms with E-state index in [1.54, 1.807) is 0 Å². The molecule has 0 aliphatic rings. The van der Waals surface area contributed by atoms with Crippen LogP contribution in [0.3, 0.4) is 0 Å². The Labute approximate surface area is 297 Å². The zero-order valence-corrected chi connectivity index (χ0v) is 31.7. The fourth-order valence-electron chi connectivity index (χ4n) is 5.92. The highest BCUT2D eigenvalue weighted by atomic mass is 16.2. The van der Waals surface area contributed by atoms with E-state index in [-0.39, 0.29) is 17.8 Å². The van der Waals surface area contributed by atoms with Crippen molar-refractivity contribution in [1.29, 1.82) is 0 Å². The normalized spacial score (nSPS) is 12.1. The Balaban J connectivity index is 3.96. The maximum atomic E-state index is 12.9. The standard InChI is InChI=1S/C41H79N5O2/c1-3-5-7-9-11-13-15-17-19-21-23-25-27-29-31-33-36-44-40(48)38(35-37-45-41(42)43)46-39(47)34-32-30-28-26-24-22-20-18-16-14-12-10-8-6-4-2/h17-20,38H,3-16,21-37H2,1-2H3,(H,44,48)(H,46,47)(H4,42,43,45)/b19-17-,20-18-. The van der Waals surface area contributed by atoms with E-state index in [4.69, 9.17) is 11.5 Å². The zero-order chi connectivity index (χ0) is 35.2. The number of carbonyl (C=O) groups excluding carboxylic acids is 2. The second-order valence-electron chi connectivity index (χ2n) is 13.8. The fourth-order valence-corrected chi connectivity index (χ4v) is 5.92. The van der Waals surface area contributed by atoms with Gasteiger partial charge in [0.05, 0.1) is 0 Å². The molecule has 48 heavy (non-hydrogen) atoms. The van der Waals surface area contributed by atoms with E-state index in [0.717, 1.165) is 38.5 Å². The van der Waals surface area contributed by atoms with Gasteiger partial charge in [0, 0.05) is 19.5 Å². The summed E-state index contributed by atoms with van der Waals surface area (Å²) in [6.07, 6.45) is 43.8. The summed E-state index contributed by atoms with van der Waals surface area (Å²) in [7, 11) is 0. The summed E-state index contributed by atoms with van der Waals surface area (Å²) in [4.78, 5) is 29.5. The van der Waals surface area contributed by atoms with E-state index < -0.39 is 6.04 Å². The van der Waals surface area contributed by atoms with Crippen LogP contribution in [0.25, 0.3) is 0 Å². The molecule has 2 amide bonds. The second-order valence-corrected chi connectivity index (χ2v) is 13.8. The van der Waals surface area contributed by atoms with Crippen molar-refractivity contribution in [3.63, 3.8) is 0 Å². The van der Waals surface area contributed by atoms with Crippen LogP contribution in [0.4, 0.5) is 0 Å². The number of hydrogen-bond donors (Lipinski definition) is 4. The molecule has 0 rings (SSSR count). The molecule has 0 aliphatic heterocycles. The van der Waals surface area contributed by atoms with E-state index in [9.17, 15) is 9.59 Å². The number of aliphatic imine (C=N–C) groups is 1. The molecular weight excluding hydrogens is 594 g/mol. The van der Waals surface area contributed by atoms with Gasteiger partial charge in [-0.3, -0.25) is 14.6 Å². The van der Waals surface area contributed by atoms with Gasteiger partial charge in [-0.05, 0) is 70.6 Å². The minimum absolute atomic E-state index is 0.00188. The highest BCUT2D eigenvalue weighted by Gasteiger charge is 2.20. The van der Waals surface area contributed by atoms with Crippen LogP contribution in [0, 0.1) is 0 Å². The van der Waals surface area contributed by atoms with E-state index in [1.165, 1.54) is 135 Å². The lowest BCUT2D eigenvalue weighted by atomic mass is 10.1. The molecule has 0 aromatic rings. The molecule has 7 heteroatoms. The van der Waals surface area contributed by atoms with Crippen LogP contribution in [0.1, 0.15) is 200 Å². The molecule has 0 radical (unpaired) electrons.